The molecule has 0 radical (unpaired) electrons. The molecule has 0 atom stereocenters. The predicted molar refractivity (Wildman–Crippen MR) is 116 cm³/mol. The average molecular weight is 449 g/mol. The maximum atomic E-state index is 12.2. The van der Waals surface area contributed by atoms with Gasteiger partial charge >= 0.3 is 7.60 Å². The molecule has 0 bridgehead atoms. The minimum absolute atomic E-state index is 0.141. The Kier molecular flexibility index (Phi) is 7.45. The van der Waals surface area contributed by atoms with E-state index in [9.17, 15) is 9.36 Å². The number of aromatic nitrogens is 1. The van der Waals surface area contributed by atoms with Crippen LogP contribution >= 0.6 is 19.2 Å². The molecule has 30 heavy (non-hydrogen) atoms. The summed E-state index contributed by atoms with van der Waals surface area (Å²) in [5.74, 6) is 0.486. The summed E-state index contributed by atoms with van der Waals surface area (Å²) in [7, 11) is -0.416. The number of hydrogen-bond donors (Lipinski definition) is 1. The van der Waals surface area contributed by atoms with E-state index < -0.39 is 7.60 Å². The molecule has 9 heteroatoms. The lowest BCUT2D eigenvalue weighted by molar-refractivity contribution is -0.116. The van der Waals surface area contributed by atoms with E-state index in [1.54, 1.807) is 36.4 Å². The summed E-state index contributed by atoms with van der Waals surface area (Å²) in [5.41, 5.74) is 3.00. The van der Waals surface area contributed by atoms with Gasteiger partial charge in [-0.25, -0.2) is 0 Å². The minimum atomic E-state index is -3.12. The van der Waals surface area contributed by atoms with E-state index in [1.165, 1.54) is 14.2 Å². The van der Waals surface area contributed by atoms with Gasteiger partial charge in [-0.1, -0.05) is 28.9 Å². The third kappa shape index (κ3) is 6.03. The van der Waals surface area contributed by atoms with Gasteiger partial charge in [0, 0.05) is 49.4 Å². The molecule has 0 spiro atoms. The van der Waals surface area contributed by atoms with Gasteiger partial charge in [0.15, 0.2) is 5.76 Å². The van der Waals surface area contributed by atoms with Crippen LogP contribution in [0.5, 0.6) is 0 Å². The van der Waals surface area contributed by atoms with Gasteiger partial charge in [0.05, 0.1) is 11.9 Å². The molecule has 1 amide bonds. The van der Waals surface area contributed by atoms with Crippen molar-refractivity contribution < 1.29 is 22.9 Å². The smallest absolute Gasteiger partial charge is 0.334 e. The number of halogens is 1. The molecule has 0 aliphatic rings. The molecule has 1 N–H and O–H groups in total. The Hall–Kier alpha value is -2.44. The molecule has 1 aromatic heterocycles. The summed E-state index contributed by atoms with van der Waals surface area (Å²) < 4.78 is 27.4. The van der Waals surface area contributed by atoms with Crippen molar-refractivity contribution in [2.75, 3.05) is 19.5 Å². The number of nitrogens with one attached hydrogen (secondary N) is 1. The van der Waals surface area contributed by atoms with Gasteiger partial charge in [0.25, 0.3) is 0 Å². The highest BCUT2D eigenvalue weighted by Gasteiger charge is 2.21. The van der Waals surface area contributed by atoms with Crippen LogP contribution in [0.25, 0.3) is 11.3 Å². The lowest BCUT2D eigenvalue weighted by atomic mass is 10.1. The van der Waals surface area contributed by atoms with Gasteiger partial charge in [0.1, 0.15) is 0 Å². The van der Waals surface area contributed by atoms with Crippen LogP contribution < -0.4 is 5.32 Å². The number of benzene rings is 2. The fraction of sp³-hybridized carbons (Fsp3) is 0.238. The normalized spacial score (nSPS) is 11.4. The van der Waals surface area contributed by atoms with Crippen LogP contribution in [0.3, 0.4) is 0 Å². The minimum Gasteiger partial charge on any atom is -0.356 e. The topological polar surface area (TPSA) is 90.7 Å². The third-order valence-corrected chi connectivity index (χ3v) is 6.58. The summed E-state index contributed by atoms with van der Waals surface area (Å²) in [4.78, 5) is 12.2. The van der Waals surface area contributed by atoms with Crippen molar-refractivity contribution in [1.82, 2.24) is 5.16 Å². The zero-order chi connectivity index (χ0) is 21.6. The first-order valence-corrected chi connectivity index (χ1v) is 11.3. The van der Waals surface area contributed by atoms with Crippen molar-refractivity contribution in [3.8, 4) is 11.3 Å². The van der Waals surface area contributed by atoms with Crippen LogP contribution in [0.2, 0.25) is 5.02 Å². The highest BCUT2D eigenvalue weighted by atomic mass is 35.5. The van der Waals surface area contributed by atoms with Crippen LogP contribution in [0.15, 0.2) is 59.1 Å². The number of anilines is 1. The van der Waals surface area contributed by atoms with E-state index in [1.807, 2.05) is 18.2 Å². The number of rotatable bonds is 9. The SMILES string of the molecule is COP(=O)(Cc1ccc(NC(=O)CCc2cc(-c3ccc(Cl)cc3)on2)cc1)OC. The van der Waals surface area contributed by atoms with Crippen molar-refractivity contribution >= 4 is 30.8 Å². The number of nitrogens with zero attached hydrogens (tertiary/aromatic N) is 1. The molecular formula is C21H22ClN2O5P. The molecule has 158 valence electrons. The Labute approximate surface area is 179 Å². The zero-order valence-electron chi connectivity index (χ0n) is 16.6. The first-order valence-electron chi connectivity index (χ1n) is 9.21. The van der Waals surface area contributed by atoms with Crippen molar-refractivity contribution in [3.05, 3.63) is 70.9 Å². The summed E-state index contributed by atoms with van der Waals surface area (Å²) in [6, 6.07) is 16.1. The Morgan fingerprint density at radius 2 is 1.77 bits per heavy atom. The molecule has 0 saturated heterocycles. The van der Waals surface area contributed by atoms with E-state index in [4.69, 9.17) is 25.2 Å². The van der Waals surface area contributed by atoms with Crippen LogP contribution in [0.1, 0.15) is 17.7 Å². The summed E-state index contributed by atoms with van der Waals surface area (Å²) >= 11 is 5.89. The van der Waals surface area contributed by atoms with E-state index >= 15 is 0 Å². The van der Waals surface area contributed by atoms with E-state index in [0.29, 0.717) is 28.6 Å². The lowest BCUT2D eigenvalue weighted by Gasteiger charge is -2.13. The molecule has 7 nitrogen and oxygen atoms in total. The van der Waals surface area contributed by atoms with Crippen molar-refractivity contribution in [2.45, 2.75) is 19.0 Å². The Morgan fingerprint density at radius 1 is 1.10 bits per heavy atom. The molecule has 0 fully saturated rings. The number of aryl methyl sites for hydroxylation is 1. The molecule has 3 aromatic rings. The van der Waals surface area contributed by atoms with Gasteiger partial charge in [-0.2, -0.15) is 0 Å². The van der Waals surface area contributed by atoms with Crippen LogP contribution in [0, 0.1) is 0 Å². The quantitative estimate of drug-likeness (QED) is 0.431. The summed E-state index contributed by atoms with van der Waals surface area (Å²) in [6.07, 6.45) is 0.874. The molecule has 1 heterocycles. The predicted octanol–water partition coefficient (Wildman–Crippen LogP) is 5.55. The number of carbonyl (C=O) groups is 1. The van der Waals surface area contributed by atoms with Crippen molar-refractivity contribution in [2.24, 2.45) is 0 Å². The van der Waals surface area contributed by atoms with E-state index in [-0.39, 0.29) is 18.5 Å². The van der Waals surface area contributed by atoms with Crippen molar-refractivity contribution in [3.63, 3.8) is 0 Å². The first kappa shape index (κ1) is 22.2. The van der Waals surface area contributed by atoms with Crippen LogP contribution in [0.4, 0.5) is 5.69 Å². The number of carbonyl (C=O) groups excluding carboxylic acids is 1. The molecule has 0 aliphatic carbocycles. The Balaban J connectivity index is 1.51. The molecule has 2 aromatic carbocycles. The van der Waals surface area contributed by atoms with Gasteiger partial charge in [0.2, 0.25) is 5.91 Å². The largest absolute Gasteiger partial charge is 0.356 e. The first-order chi connectivity index (χ1) is 14.4. The highest BCUT2D eigenvalue weighted by molar-refractivity contribution is 7.52. The standard InChI is InChI=1S/C21H22ClN2O5P/c1-27-30(26,28-2)14-15-3-9-18(10-4-15)23-21(25)12-11-19-13-20(29-24-19)16-5-7-17(22)8-6-16/h3-10,13H,11-12,14H2,1-2H3,(H,23,25). The molecule has 0 aliphatic heterocycles. The fourth-order valence-corrected chi connectivity index (χ4v) is 3.96. The second-order valence-corrected chi connectivity index (χ2v) is 9.27. The Morgan fingerprint density at radius 3 is 2.40 bits per heavy atom. The number of hydrogen-bond acceptors (Lipinski definition) is 6. The molecular weight excluding hydrogens is 427 g/mol. The highest BCUT2D eigenvalue weighted by Crippen LogP contribution is 2.49. The second kappa shape index (κ2) is 10.0. The van der Waals surface area contributed by atoms with Crippen molar-refractivity contribution in [1.29, 1.82) is 0 Å². The van der Waals surface area contributed by atoms with Crippen LogP contribution in [-0.2, 0) is 31.0 Å². The maximum absolute atomic E-state index is 12.2. The van der Waals surface area contributed by atoms with Gasteiger partial charge in [-0.05, 0) is 42.0 Å². The van der Waals surface area contributed by atoms with Gasteiger partial charge in [-0.15, -0.1) is 0 Å². The van der Waals surface area contributed by atoms with E-state index in [2.05, 4.69) is 10.5 Å². The Bertz CT molecular complexity index is 1030. The van der Waals surface area contributed by atoms with E-state index in [0.717, 1.165) is 11.1 Å². The second-order valence-electron chi connectivity index (χ2n) is 6.57. The van der Waals surface area contributed by atoms with Crippen LogP contribution in [-0.4, -0.2) is 25.3 Å². The fourth-order valence-electron chi connectivity index (χ4n) is 2.77. The number of amides is 1. The van der Waals surface area contributed by atoms with Gasteiger partial charge < -0.3 is 18.9 Å². The monoisotopic (exact) mass is 448 g/mol. The lowest BCUT2D eigenvalue weighted by Crippen LogP contribution is -2.12. The summed E-state index contributed by atoms with van der Waals surface area (Å²) in [6.45, 7) is 0. The summed E-state index contributed by atoms with van der Waals surface area (Å²) in [5, 5.41) is 7.50. The zero-order valence-corrected chi connectivity index (χ0v) is 18.3. The average Bonchev–Trinajstić information content (AvgIpc) is 3.23. The third-order valence-electron chi connectivity index (χ3n) is 4.47. The molecule has 3 rings (SSSR count). The molecule has 0 unspecified atom stereocenters. The van der Waals surface area contributed by atoms with Gasteiger partial charge in [-0.3, -0.25) is 9.36 Å². The maximum Gasteiger partial charge on any atom is 0.334 e. The molecule has 0 saturated carbocycles.